The molecule has 1 aliphatic heterocycles. The van der Waals surface area contributed by atoms with Crippen molar-refractivity contribution < 1.29 is 9.53 Å². The van der Waals surface area contributed by atoms with Gasteiger partial charge in [0.1, 0.15) is 5.75 Å². The number of hydrogen-bond donors (Lipinski definition) is 2. The highest BCUT2D eigenvalue weighted by atomic mass is 16.5. The number of carbonyl (C=O) groups excluding carboxylic acids is 1. The molecule has 4 nitrogen and oxygen atoms in total. The first kappa shape index (κ1) is 13.6. The number of ether oxygens (including phenoxy) is 1. The number of carbonyl (C=O) groups is 1. The lowest BCUT2D eigenvalue weighted by Gasteiger charge is -2.21. The molecule has 0 radical (unpaired) electrons. The van der Waals surface area contributed by atoms with Crippen LogP contribution in [0.4, 0.5) is 0 Å². The molecule has 1 aromatic rings. The summed E-state index contributed by atoms with van der Waals surface area (Å²) in [6, 6.07) is 7.88. The van der Waals surface area contributed by atoms with Crippen LogP contribution in [-0.4, -0.2) is 32.7 Å². The number of benzene rings is 1. The second-order valence-electron chi connectivity index (χ2n) is 4.65. The predicted octanol–water partition coefficient (Wildman–Crippen LogP) is 1.27. The summed E-state index contributed by atoms with van der Waals surface area (Å²) in [6.07, 6.45) is 0.774. The van der Waals surface area contributed by atoms with E-state index in [2.05, 4.69) is 10.6 Å². The minimum atomic E-state index is 0.0337. The van der Waals surface area contributed by atoms with Crippen molar-refractivity contribution in [3.8, 4) is 5.75 Å². The molecule has 1 aromatic carbocycles. The molecule has 0 aromatic heterocycles. The van der Waals surface area contributed by atoms with Gasteiger partial charge in [0.15, 0.2) is 0 Å². The summed E-state index contributed by atoms with van der Waals surface area (Å²) in [4.78, 5) is 11.9. The Morgan fingerprint density at radius 1 is 1.37 bits per heavy atom. The maximum absolute atomic E-state index is 11.9. The summed E-state index contributed by atoms with van der Waals surface area (Å²) in [7, 11) is 1.66. The molecule has 1 heterocycles. The van der Waals surface area contributed by atoms with E-state index in [1.165, 1.54) is 5.57 Å². The summed E-state index contributed by atoms with van der Waals surface area (Å²) in [5.41, 5.74) is 3.16. The van der Waals surface area contributed by atoms with E-state index in [9.17, 15) is 4.79 Å². The Labute approximate surface area is 113 Å². The van der Waals surface area contributed by atoms with Gasteiger partial charge in [-0.25, -0.2) is 0 Å². The van der Waals surface area contributed by atoms with Gasteiger partial charge in [0.25, 0.3) is 0 Å². The van der Waals surface area contributed by atoms with E-state index in [1.54, 1.807) is 7.11 Å². The normalized spacial score (nSPS) is 13.7. The highest BCUT2D eigenvalue weighted by Gasteiger charge is 2.15. The molecule has 0 aliphatic carbocycles. The standard InChI is InChI=1S/C15H20N2O2/c1-11(13-9-16-10-13)15(18)17-8-7-12-5-3-4-6-14(12)19-2/h3-6,16H,7-10H2,1-2H3,(H,17,18). The number of para-hydroxylation sites is 1. The zero-order valence-corrected chi connectivity index (χ0v) is 11.5. The zero-order chi connectivity index (χ0) is 13.7. The van der Waals surface area contributed by atoms with Crippen molar-refractivity contribution in [2.45, 2.75) is 13.3 Å². The van der Waals surface area contributed by atoms with Crippen LogP contribution in [0.15, 0.2) is 35.4 Å². The number of methoxy groups -OCH3 is 1. The first-order valence-electron chi connectivity index (χ1n) is 6.52. The Bertz CT molecular complexity index is 489. The van der Waals surface area contributed by atoms with Crippen LogP contribution < -0.4 is 15.4 Å². The minimum Gasteiger partial charge on any atom is -0.496 e. The monoisotopic (exact) mass is 260 g/mol. The van der Waals surface area contributed by atoms with Crippen molar-refractivity contribution in [3.05, 3.63) is 41.0 Å². The second kappa shape index (κ2) is 6.38. The Balaban J connectivity index is 1.85. The molecule has 1 fully saturated rings. The van der Waals surface area contributed by atoms with Crippen LogP contribution in [0, 0.1) is 0 Å². The maximum Gasteiger partial charge on any atom is 0.246 e. The Morgan fingerprint density at radius 3 is 2.74 bits per heavy atom. The fourth-order valence-corrected chi connectivity index (χ4v) is 2.03. The van der Waals surface area contributed by atoms with E-state index in [-0.39, 0.29) is 5.91 Å². The average Bonchev–Trinajstić information content (AvgIpc) is 2.37. The van der Waals surface area contributed by atoms with Crippen LogP contribution >= 0.6 is 0 Å². The Morgan fingerprint density at radius 2 is 2.11 bits per heavy atom. The van der Waals surface area contributed by atoms with Gasteiger partial charge in [0.05, 0.1) is 7.11 Å². The third kappa shape index (κ3) is 3.35. The highest BCUT2D eigenvalue weighted by molar-refractivity contribution is 5.93. The second-order valence-corrected chi connectivity index (χ2v) is 4.65. The van der Waals surface area contributed by atoms with E-state index in [0.29, 0.717) is 6.54 Å². The molecule has 0 bridgehead atoms. The molecule has 19 heavy (non-hydrogen) atoms. The topological polar surface area (TPSA) is 50.4 Å². The summed E-state index contributed by atoms with van der Waals surface area (Å²) >= 11 is 0. The van der Waals surface area contributed by atoms with Crippen LogP contribution in [0.2, 0.25) is 0 Å². The molecule has 4 heteroatoms. The molecule has 2 N–H and O–H groups in total. The van der Waals surface area contributed by atoms with Gasteiger partial charge in [-0.2, -0.15) is 0 Å². The molecule has 1 saturated heterocycles. The lowest BCUT2D eigenvalue weighted by Crippen LogP contribution is -2.38. The summed E-state index contributed by atoms with van der Waals surface area (Å²) in [5.74, 6) is 0.904. The highest BCUT2D eigenvalue weighted by Crippen LogP contribution is 2.17. The van der Waals surface area contributed by atoms with Crippen LogP contribution in [0.5, 0.6) is 5.75 Å². The Hall–Kier alpha value is -1.81. The van der Waals surface area contributed by atoms with Gasteiger partial charge in [-0.3, -0.25) is 4.79 Å². The molecule has 0 atom stereocenters. The van der Waals surface area contributed by atoms with Crippen molar-refractivity contribution in [2.75, 3.05) is 26.7 Å². The third-order valence-corrected chi connectivity index (χ3v) is 3.42. The van der Waals surface area contributed by atoms with Crippen LogP contribution in [0.25, 0.3) is 0 Å². The first-order valence-corrected chi connectivity index (χ1v) is 6.52. The number of amides is 1. The van der Waals surface area contributed by atoms with Crippen LogP contribution in [0.1, 0.15) is 12.5 Å². The lowest BCUT2D eigenvalue weighted by molar-refractivity contribution is -0.117. The molecule has 102 valence electrons. The summed E-state index contributed by atoms with van der Waals surface area (Å²) in [5, 5.41) is 6.09. The van der Waals surface area contributed by atoms with Gasteiger partial charge >= 0.3 is 0 Å². The molecule has 0 unspecified atom stereocenters. The number of hydrogen-bond acceptors (Lipinski definition) is 3. The third-order valence-electron chi connectivity index (χ3n) is 3.42. The van der Waals surface area contributed by atoms with Crippen LogP contribution in [-0.2, 0) is 11.2 Å². The van der Waals surface area contributed by atoms with Crippen molar-refractivity contribution in [1.29, 1.82) is 0 Å². The van der Waals surface area contributed by atoms with Crippen molar-refractivity contribution in [3.63, 3.8) is 0 Å². The fourth-order valence-electron chi connectivity index (χ4n) is 2.03. The van der Waals surface area contributed by atoms with Gasteiger partial charge in [-0.05, 0) is 30.5 Å². The van der Waals surface area contributed by atoms with Crippen LogP contribution in [0.3, 0.4) is 0 Å². The molecular formula is C15H20N2O2. The van der Waals surface area contributed by atoms with E-state index in [1.807, 2.05) is 31.2 Å². The summed E-state index contributed by atoms with van der Waals surface area (Å²) in [6.45, 7) is 4.18. The average molecular weight is 260 g/mol. The van der Waals surface area contributed by atoms with E-state index < -0.39 is 0 Å². The predicted molar refractivity (Wildman–Crippen MR) is 75.3 cm³/mol. The quantitative estimate of drug-likeness (QED) is 0.784. The summed E-state index contributed by atoms with van der Waals surface area (Å²) < 4.78 is 5.28. The SMILES string of the molecule is COc1ccccc1CCNC(=O)C(C)=C1CNC1. The fraction of sp³-hybridized carbons (Fsp3) is 0.400. The molecule has 1 amide bonds. The van der Waals surface area contributed by atoms with E-state index in [4.69, 9.17) is 4.74 Å². The Kier molecular flexibility index (Phi) is 4.58. The van der Waals surface area contributed by atoms with Gasteiger partial charge in [-0.1, -0.05) is 18.2 Å². The van der Waals surface area contributed by atoms with E-state index in [0.717, 1.165) is 36.4 Å². The van der Waals surface area contributed by atoms with Gasteiger partial charge in [-0.15, -0.1) is 0 Å². The van der Waals surface area contributed by atoms with Crippen molar-refractivity contribution in [2.24, 2.45) is 0 Å². The van der Waals surface area contributed by atoms with Gasteiger partial charge < -0.3 is 15.4 Å². The molecular weight excluding hydrogens is 240 g/mol. The zero-order valence-electron chi connectivity index (χ0n) is 11.5. The number of nitrogens with one attached hydrogen (secondary N) is 2. The molecule has 0 spiro atoms. The van der Waals surface area contributed by atoms with Crippen molar-refractivity contribution in [1.82, 2.24) is 10.6 Å². The minimum absolute atomic E-state index is 0.0337. The molecule has 2 rings (SSSR count). The van der Waals surface area contributed by atoms with Gasteiger partial charge in [0, 0.05) is 25.2 Å². The lowest BCUT2D eigenvalue weighted by atomic mass is 10.0. The largest absolute Gasteiger partial charge is 0.496 e. The molecule has 0 saturated carbocycles. The molecule has 1 aliphatic rings. The smallest absolute Gasteiger partial charge is 0.246 e. The van der Waals surface area contributed by atoms with Gasteiger partial charge in [0.2, 0.25) is 5.91 Å². The van der Waals surface area contributed by atoms with E-state index >= 15 is 0 Å². The first-order chi connectivity index (χ1) is 9.22. The number of rotatable bonds is 5. The van der Waals surface area contributed by atoms with Crippen molar-refractivity contribution >= 4 is 5.91 Å². The maximum atomic E-state index is 11.9.